The number of likely N-dealkylation sites (N-methyl/N-ethyl adjacent to an activating group) is 1. The number of carbonyl (C=O) groups excluding carboxylic acids is 1. The summed E-state index contributed by atoms with van der Waals surface area (Å²) in [5.41, 5.74) is 1.41. The van der Waals surface area contributed by atoms with E-state index in [0.717, 1.165) is 50.5 Å². The summed E-state index contributed by atoms with van der Waals surface area (Å²) < 4.78 is 6.71. The smallest absolute Gasteiger partial charge is 0.269 e. The average molecular weight is 412 g/mol. The highest BCUT2D eigenvalue weighted by Crippen LogP contribution is 2.23. The molecule has 0 aliphatic carbocycles. The van der Waals surface area contributed by atoms with Crippen LogP contribution in [-0.4, -0.2) is 78.9 Å². The van der Waals surface area contributed by atoms with E-state index in [4.69, 9.17) is 4.74 Å². The van der Waals surface area contributed by atoms with Crippen molar-refractivity contribution in [3.05, 3.63) is 52.4 Å². The van der Waals surface area contributed by atoms with Gasteiger partial charge in [0.1, 0.15) is 5.75 Å². The third kappa shape index (κ3) is 4.33. The quantitative estimate of drug-likeness (QED) is 0.759. The van der Waals surface area contributed by atoms with E-state index in [9.17, 15) is 9.59 Å². The first-order valence-corrected chi connectivity index (χ1v) is 10.5. The highest BCUT2D eigenvalue weighted by Gasteiger charge is 2.27. The van der Waals surface area contributed by atoms with Crippen molar-refractivity contribution >= 4 is 11.6 Å². The van der Waals surface area contributed by atoms with Gasteiger partial charge in [-0.15, -0.1) is 0 Å². The number of carbonyl (C=O) groups is 1. The zero-order valence-electron chi connectivity index (χ0n) is 17.7. The average Bonchev–Trinajstić information content (AvgIpc) is 2.79. The number of piperidine rings is 1. The summed E-state index contributed by atoms with van der Waals surface area (Å²) in [6.07, 6.45) is 3.48. The lowest BCUT2D eigenvalue weighted by atomic mass is 10.0. The van der Waals surface area contributed by atoms with Crippen molar-refractivity contribution in [3.8, 4) is 5.75 Å². The standard InChI is InChI=1S/C22H29N5O3/c1-24-10-12-25(13-11-24)19-14-21(28)27(23-15-19)18-4-3-9-26(16-18)22(29)17-5-7-20(30-2)8-6-17/h5-8,14-15,18H,3-4,9-13,16H2,1-2H3/t18-/m1/s1. The molecular formula is C22H29N5O3. The number of hydrogen-bond acceptors (Lipinski definition) is 6. The summed E-state index contributed by atoms with van der Waals surface area (Å²) in [5, 5.41) is 4.48. The van der Waals surface area contributed by atoms with Crippen LogP contribution in [0.25, 0.3) is 0 Å². The number of nitrogens with zero attached hydrogens (tertiary/aromatic N) is 5. The van der Waals surface area contributed by atoms with Crippen LogP contribution in [0.2, 0.25) is 0 Å². The Morgan fingerprint density at radius 2 is 1.83 bits per heavy atom. The summed E-state index contributed by atoms with van der Waals surface area (Å²) in [6.45, 7) is 4.94. The Morgan fingerprint density at radius 3 is 2.50 bits per heavy atom. The van der Waals surface area contributed by atoms with E-state index in [2.05, 4.69) is 21.9 Å². The molecule has 1 amide bonds. The molecule has 4 rings (SSSR count). The Labute approximate surface area is 176 Å². The molecule has 0 saturated carbocycles. The highest BCUT2D eigenvalue weighted by atomic mass is 16.5. The van der Waals surface area contributed by atoms with E-state index >= 15 is 0 Å². The second-order valence-electron chi connectivity index (χ2n) is 8.06. The number of anilines is 1. The Morgan fingerprint density at radius 1 is 1.10 bits per heavy atom. The molecule has 30 heavy (non-hydrogen) atoms. The van der Waals surface area contributed by atoms with Crippen LogP contribution < -0.4 is 15.2 Å². The SMILES string of the molecule is COc1ccc(C(=O)N2CCC[C@@H](n3ncc(N4CCN(C)CC4)cc3=O)C2)cc1. The first-order chi connectivity index (χ1) is 14.5. The van der Waals surface area contributed by atoms with Crippen LogP contribution in [-0.2, 0) is 0 Å². The van der Waals surface area contributed by atoms with Gasteiger partial charge in [0, 0.05) is 50.9 Å². The van der Waals surface area contributed by atoms with Gasteiger partial charge in [0.25, 0.3) is 11.5 Å². The molecule has 2 fully saturated rings. The van der Waals surface area contributed by atoms with Gasteiger partial charge in [-0.05, 0) is 44.2 Å². The van der Waals surface area contributed by atoms with Gasteiger partial charge in [-0.2, -0.15) is 5.10 Å². The molecule has 8 heteroatoms. The lowest BCUT2D eigenvalue weighted by Crippen LogP contribution is -2.46. The molecule has 0 bridgehead atoms. The van der Waals surface area contributed by atoms with Crippen LogP contribution in [0.4, 0.5) is 5.69 Å². The Kier molecular flexibility index (Phi) is 6.03. The first-order valence-electron chi connectivity index (χ1n) is 10.5. The summed E-state index contributed by atoms with van der Waals surface area (Å²) in [7, 11) is 3.71. The molecule has 160 valence electrons. The molecule has 1 aromatic carbocycles. The summed E-state index contributed by atoms with van der Waals surface area (Å²) >= 11 is 0. The summed E-state index contributed by atoms with van der Waals surface area (Å²) in [5.74, 6) is 0.698. The molecule has 1 aromatic heterocycles. The molecule has 3 heterocycles. The van der Waals surface area contributed by atoms with E-state index in [1.54, 1.807) is 48.3 Å². The number of amides is 1. The van der Waals surface area contributed by atoms with E-state index in [1.165, 1.54) is 0 Å². The van der Waals surface area contributed by atoms with Gasteiger partial charge in [0.15, 0.2) is 0 Å². The Bertz CT molecular complexity index is 935. The zero-order chi connectivity index (χ0) is 21.1. The fourth-order valence-corrected chi connectivity index (χ4v) is 4.17. The molecule has 0 N–H and O–H groups in total. The predicted molar refractivity (Wildman–Crippen MR) is 115 cm³/mol. The molecular weight excluding hydrogens is 382 g/mol. The van der Waals surface area contributed by atoms with Gasteiger partial charge < -0.3 is 19.4 Å². The minimum Gasteiger partial charge on any atom is -0.497 e. The number of ether oxygens (including phenoxy) is 1. The third-order valence-corrected chi connectivity index (χ3v) is 6.05. The van der Waals surface area contributed by atoms with Gasteiger partial charge in [-0.3, -0.25) is 9.59 Å². The van der Waals surface area contributed by atoms with Crippen LogP contribution in [0.1, 0.15) is 29.2 Å². The van der Waals surface area contributed by atoms with Crippen molar-refractivity contribution in [1.82, 2.24) is 19.6 Å². The van der Waals surface area contributed by atoms with Gasteiger partial charge in [0.2, 0.25) is 0 Å². The highest BCUT2D eigenvalue weighted by molar-refractivity contribution is 5.94. The zero-order valence-corrected chi connectivity index (χ0v) is 17.7. The molecule has 0 unspecified atom stereocenters. The second kappa shape index (κ2) is 8.87. The van der Waals surface area contributed by atoms with E-state index in [1.807, 2.05) is 4.90 Å². The molecule has 0 spiro atoms. The molecule has 2 aromatic rings. The van der Waals surface area contributed by atoms with Gasteiger partial charge in [-0.25, -0.2) is 4.68 Å². The van der Waals surface area contributed by atoms with Crippen molar-refractivity contribution in [1.29, 1.82) is 0 Å². The minimum atomic E-state index is -0.102. The molecule has 2 saturated heterocycles. The predicted octanol–water partition coefficient (Wildman–Crippen LogP) is 1.48. The third-order valence-electron chi connectivity index (χ3n) is 6.05. The number of aromatic nitrogens is 2. The van der Waals surface area contributed by atoms with Crippen molar-refractivity contribution in [2.45, 2.75) is 18.9 Å². The Hall–Kier alpha value is -2.87. The van der Waals surface area contributed by atoms with Crippen molar-refractivity contribution in [3.63, 3.8) is 0 Å². The van der Waals surface area contributed by atoms with Gasteiger partial charge in [0.05, 0.1) is 25.0 Å². The van der Waals surface area contributed by atoms with Crippen molar-refractivity contribution < 1.29 is 9.53 Å². The molecule has 1 atom stereocenters. The largest absolute Gasteiger partial charge is 0.497 e. The van der Waals surface area contributed by atoms with Gasteiger partial charge >= 0.3 is 0 Å². The maximum Gasteiger partial charge on any atom is 0.269 e. The molecule has 0 radical (unpaired) electrons. The lowest BCUT2D eigenvalue weighted by Gasteiger charge is -2.35. The fourth-order valence-electron chi connectivity index (χ4n) is 4.17. The van der Waals surface area contributed by atoms with E-state index in [-0.39, 0.29) is 17.5 Å². The molecule has 2 aliphatic heterocycles. The van der Waals surface area contributed by atoms with Gasteiger partial charge in [-0.1, -0.05) is 0 Å². The number of hydrogen-bond donors (Lipinski definition) is 0. The van der Waals surface area contributed by atoms with E-state index in [0.29, 0.717) is 18.7 Å². The van der Waals surface area contributed by atoms with Crippen LogP contribution in [0.15, 0.2) is 41.3 Å². The van der Waals surface area contributed by atoms with Crippen LogP contribution in [0.3, 0.4) is 0 Å². The number of likely N-dealkylation sites (tertiary alicyclic amines) is 1. The molecule has 8 nitrogen and oxygen atoms in total. The number of rotatable bonds is 4. The molecule has 2 aliphatic rings. The van der Waals surface area contributed by atoms with Crippen LogP contribution in [0, 0.1) is 0 Å². The number of methoxy groups -OCH3 is 1. The monoisotopic (exact) mass is 411 g/mol. The number of piperazine rings is 1. The van der Waals surface area contributed by atoms with E-state index < -0.39 is 0 Å². The van der Waals surface area contributed by atoms with Crippen LogP contribution in [0.5, 0.6) is 5.75 Å². The fraction of sp³-hybridized carbons (Fsp3) is 0.500. The summed E-state index contributed by atoms with van der Waals surface area (Å²) in [4.78, 5) is 32.0. The maximum atomic E-state index is 12.9. The van der Waals surface area contributed by atoms with Crippen molar-refractivity contribution in [2.75, 3.05) is 58.3 Å². The Balaban J connectivity index is 1.46. The first kappa shape index (κ1) is 20.4. The normalized spacial score (nSPS) is 20.3. The number of benzene rings is 1. The topological polar surface area (TPSA) is 70.9 Å². The lowest BCUT2D eigenvalue weighted by molar-refractivity contribution is 0.0670. The van der Waals surface area contributed by atoms with Crippen molar-refractivity contribution in [2.24, 2.45) is 0 Å². The minimum absolute atomic E-state index is 0.0236. The maximum absolute atomic E-state index is 12.9. The summed E-state index contributed by atoms with van der Waals surface area (Å²) in [6, 6.07) is 8.72. The second-order valence-corrected chi connectivity index (χ2v) is 8.06. The van der Waals surface area contributed by atoms with Crippen LogP contribution >= 0.6 is 0 Å².